The van der Waals surface area contributed by atoms with E-state index in [0.717, 1.165) is 12.4 Å². The third kappa shape index (κ3) is 4.53. The highest BCUT2D eigenvalue weighted by atomic mass is 19.4. The van der Waals surface area contributed by atoms with Gasteiger partial charge in [0.1, 0.15) is 11.4 Å². The number of nitrogens with zero attached hydrogens (tertiary/aromatic N) is 2. The first-order chi connectivity index (χ1) is 13.4. The zero-order valence-corrected chi connectivity index (χ0v) is 15.1. The van der Waals surface area contributed by atoms with E-state index in [1.165, 1.54) is 0 Å². The Morgan fingerprint density at radius 1 is 1.32 bits per heavy atom. The standard InChI is InChI=1S/C17H19BF3N6O/c1-18-27-14-4-2-3-13(11(14)7-22)25-16-23-8-12(17(19,20)21)15(26-16)24-10-5-6-28-9-10/h2-4,7-8,10,22,27H,5-6,9H2,1H3,(H2,23,24,25,26). The second kappa shape index (κ2) is 8.47. The van der Waals surface area contributed by atoms with Gasteiger partial charge in [-0.3, -0.25) is 0 Å². The van der Waals surface area contributed by atoms with Crippen molar-refractivity contribution in [3.63, 3.8) is 0 Å². The Bertz CT molecular complexity index is 842. The number of anilines is 4. The van der Waals surface area contributed by atoms with Crippen LogP contribution < -0.4 is 15.9 Å². The zero-order valence-electron chi connectivity index (χ0n) is 15.1. The summed E-state index contributed by atoms with van der Waals surface area (Å²) < 4.78 is 45.2. The number of benzene rings is 1. The van der Waals surface area contributed by atoms with Gasteiger partial charge in [-0.2, -0.15) is 18.2 Å². The van der Waals surface area contributed by atoms with Gasteiger partial charge in [0.05, 0.1) is 18.3 Å². The predicted octanol–water partition coefficient (Wildman–Crippen LogP) is 3.52. The lowest BCUT2D eigenvalue weighted by molar-refractivity contribution is -0.137. The summed E-state index contributed by atoms with van der Waals surface area (Å²) in [4.78, 5) is 7.85. The molecule has 1 atom stereocenters. The van der Waals surface area contributed by atoms with Crippen LogP contribution in [-0.4, -0.2) is 42.9 Å². The summed E-state index contributed by atoms with van der Waals surface area (Å²) in [5.41, 5.74) is 0.767. The van der Waals surface area contributed by atoms with Crippen molar-refractivity contribution in [1.29, 1.82) is 5.41 Å². The van der Waals surface area contributed by atoms with Crippen LogP contribution in [0, 0.1) is 5.41 Å². The van der Waals surface area contributed by atoms with Crippen molar-refractivity contribution < 1.29 is 17.9 Å². The fourth-order valence-corrected chi connectivity index (χ4v) is 2.83. The molecule has 2 aromatic rings. The number of rotatable bonds is 7. The average Bonchev–Trinajstić information content (AvgIpc) is 3.14. The molecule has 1 unspecified atom stereocenters. The summed E-state index contributed by atoms with van der Waals surface area (Å²) in [7, 11) is 1.71. The van der Waals surface area contributed by atoms with Crippen molar-refractivity contribution in [2.45, 2.75) is 25.5 Å². The first-order valence-corrected chi connectivity index (χ1v) is 8.65. The van der Waals surface area contributed by atoms with Crippen LogP contribution in [0.25, 0.3) is 0 Å². The summed E-state index contributed by atoms with van der Waals surface area (Å²) >= 11 is 0. The molecule has 0 saturated carbocycles. The van der Waals surface area contributed by atoms with E-state index in [4.69, 9.17) is 10.1 Å². The summed E-state index contributed by atoms with van der Waals surface area (Å²) in [6, 6.07) is 4.99. The minimum absolute atomic E-state index is 0.00450. The Labute approximate surface area is 160 Å². The summed E-state index contributed by atoms with van der Waals surface area (Å²) in [5.74, 6) is -0.303. The van der Waals surface area contributed by atoms with Gasteiger partial charge in [0.25, 0.3) is 0 Å². The summed E-state index contributed by atoms with van der Waals surface area (Å²) in [6.07, 6.45) is -2.09. The van der Waals surface area contributed by atoms with Crippen molar-refractivity contribution in [2.24, 2.45) is 0 Å². The topological polar surface area (TPSA) is 95.0 Å². The molecular weight excluding hydrogens is 372 g/mol. The largest absolute Gasteiger partial charge is 0.432 e. The Hall–Kier alpha value is -2.82. The Balaban J connectivity index is 1.92. The molecule has 0 bridgehead atoms. The number of ether oxygens (including phenoxy) is 1. The van der Waals surface area contributed by atoms with Crippen LogP contribution in [0.3, 0.4) is 0 Å². The van der Waals surface area contributed by atoms with Crippen molar-refractivity contribution >= 4 is 36.8 Å². The molecule has 1 aromatic heterocycles. The maximum Gasteiger partial charge on any atom is 0.421 e. The van der Waals surface area contributed by atoms with Crippen LogP contribution >= 0.6 is 0 Å². The highest BCUT2D eigenvalue weighted by Crippen LogP contribution is 2.35. The molecule has 0 aliphatic carbocycles. The molecule has 1 aliphatic rings. The number of hydrogen-bond donors (Lipinski definition) is 4. The minimum Gasteiger partial charge on any atom is -0.432 e. The van der Waals surface area contributed by atoms with E-state index in [0.29, 0.717) is 36.6 Å². The fraction of sp³-hybridized carbons (Fsp3) is 0.353. The lowest BCUT2D eigenvalue weighted by atomic mass is 9.98. The van der Waals surface area contributed by atoms with Crippen LogP contribution in [0.5, 0.6) is 0 Å². The molecule has 2 heterocycles. The average molecular weight is 391 g/mol. The van der Waals surface area contributed by atoms with Crippen molar-refractivity contribution in [3.05, 3.63) is 35.5 Å². The van der Waals surface area contributed by atoms with Gasteiger partial charge in [-0.05, 0) is 18.6 Å². The fourth-order valence-electron chi connectivity index (χ4n) is 2.83. The van der Waals surface area contributed by atoms with Crippen molar-refractivity contribution in [3.8, 4) is 0 Å². The second-order valence-corrected chi connectivity index (χ2v) is 6.13. The Morgan fingerprint density at radius 2 is 2.11 bits per heavy atom. The number of aromatic nitrogens is 2. The Kier molecular flexibility index (Phi) is 6.03. The quantitative estimate of drug-likeness (QED) is 0.426. The lowest BCUT2D eigenvalue weighted by Crippen LogP contribution is -2.23. The molecule has 28 heavy (non-hydrogen) atoms. The molecule has 147 valence electrons. The van der Waals surface area contributed by atoms with Crippen molar-refractivity contribution in [1.82, 2.24) is 9.97 Å². The molecule has 3 rings (SSSR count). The number of nitrogens with one attached hydrogen (secondary N) is 4. The maximum absolute atomic E-state index is 13.3. The van der Waals surface area contributed by atoms with E-state index in [1.807, 2.05) is 0 Å². The van der Waals surface area contributed by atoms with E-state index < -0.39 is 11.7 Å². The normalized spacial score (nSPS) is 16.5. The SMILES string of the molecule is C[B]Nc1cccc(Nc2ncc(C(F)(F)F)c(NC3CCOC3)n2)c1C=N. The molecule has 1 aliphatic heterocycles. The van der Waals surface area contributed by atoms with Crippen LogP contribution in [-0.2, 0) is 10.9 Å². The van der Waals surface area contributed by atoms with Gasteiger partial charge in [-0.15, -0.1) is 0 Å². The molecular formula is C17H19BF3N6O. The molecule has 1 radical (unpaired) electrons. The van der Waals surface area contributed by atoms with E-state index in [9.17, 15) is 13.2 Å². The molecule has 4 N–H and O–H groups in total. The monoisotopic (exact) mass is 391 g/mol. The molecule has 7 nitrogen and oxygen atoms in total. The highest BCUT2D eigenvalue weighted by molar-refractivity contribution is 6.39. The van der Waals surface area contributed by atoms with Gasteiger partial charge >= 0.3 is 6.18 Å². The lowest BCUT2D eigenvalue weighted by Gasteiger charge is -2.18. The second-order valence-electron chi connectivity index (χ2n) is 6.13. The molecule has 0 spiro atoms. The van der Waals surface area contributed by atoms with Gasteiger partial charge in [0.2, 0.25) is 13.4 Å². The number of halogens is 3. The third-order valence-electron chi connectivity index (χ3n) is 4.16. The molecule has 0 amide bonds. The first kappa shape index (κ1) is 19.9. The van der Waals surface area contributed by atoms with Gasteiger partial charge in [-0.1, -0.05) is 12.9 Å². The van der Waals surface area contributed by atoms with E-state index in [2.05, 4.69) is 25.8 Å². The van der Waals surface area contributed by atoms with Crippen LogP contribution in [0.1, 0.15) is 17.5 Å². The van der Waals surface area contributed by atoms with Gasteiger partial charge < -0.3 is 26.0 Å². The van der Waals surface area contributed by atoms with Gasteiger partial charge in [0, 0.05) is 30.3 Å². The van der Waals surface area contributed by atoms with Crippen LogP contribution in [0.15, 0.2) is 24.4 Å². The third-order valence-corrected chi connectivity index (χ3v) is 4.16. The molecule has 1 fully saturated rings. The minimum atomic E-state index is -4.58. The molecule has 1 saturated heterocycles. The van der Waals surface area contributed by atoms with Crippen molar-refractivity contribution in [2.75, 3.05) is 29.1 Å². The predicted molar refractivity (Wildman–Crippen MR) is 103 cm³/mol. The van der Waals surface area contributed by atoms with Gasteiger partial charge in [0.15, 0.2) is 0 Å². The number of hydrogen-bond acceptors (Lipinski definition) is 7. The smallest absolute Gasteiger partial charge is 0.421 e. The molecule has 11 heteroatoms. The zero-order chi connectivity index (χ0) is 20.1. The Morgan fingerprint density at radius 3 is 2.75 bits per heavy atom. The van der Waals surface area contributed by atoms with Crippen LogP contribution in [0.2, 0.25) is 6.82 Å². The van der Waals surface area contributed by atoms with E-state index >= 15 is 0 Å². The summed E-state index contributed by atoms with van der Waals surface area (Å²) in [6.45, 7) is 2.62. The summed E-state index contributed by atoms with van der Waals surface area (Å²) in [5, 5.41) is 16.4. The highest BCUT2D eigenvalue weighted by Gasteiger charge is 2.36. The van der Waals surface area contributed by atoms with E-state index in [-0.39, 0.29) is 17.8 Å². The van der Waals surface area contributed by atoms with Gasteiger partial charge in [-0.25, -0.2) is 4.98 Å². The first-order valence-electron chi connectivity index (χ1n) is 8.65. The van der Waals surface area contributed by atoms with Crippen LogP contribution in [0.4, 0.5) is 36.3 Å². The number of alkyl halides is 3. The van der Waals surface area contributed by atoms with E-state index in [1.54, 1.807) is 32.4 Å². The maximum atomic E-state index is 13.3. The molecule has 1 aromatic carbocycles.